The van der Waals surface area contributed by atoms with Gasteiger partial charge in [-0.15, -0.1) is 0 Å². The first-order chi connectivity index (χ1) is 16.1. The lowest BCUT2D eigenvalue weighted by Crippen LogP contribution is -2.39. The molecule has 1 aromatic heterocycles. The summed E-state index contributed by atoms with van der Waals surface area (Å²) in [6, 6.07) is 15.6. The maximum Gasteiger partial charge on any atom is 0.245 e. The van der Waals surface area contributed by atoms with E-state index in [0.717, 1.165) is 23.4 Å². The maximum atomic E-state index is 13.2. The van der Waals surface area contributed by atoms with Crippen LogP contribution in [0.1, 0.15) is 50.9 Å². The Kier molecular flexibility index (Phi) is 7.87. The second kappa shape index (κ2) is 10.6. The van der Waals surface area contributed by atoms with E-state index in [1.165, 1.54) is 17.0 Å². The summed E-state index contributed by atoms with van der Waals surface area (Å²) in [5, 5.41) is 7.73. The van der Waals surface area contributed by atoms with E-state index in [9.17, 15) is 14.0 Å². The minimum atomic E-state index is -0.346. The van der Waals surface area contributed by atoms with E-state index >= 15 is 0 Å². The molecule has 0 radical (unpaired) electrons. The molecule has 0 aliphatic carbocycles. The number of nitrogens with one attached hydrogen (secondary N) is 1. The highest BCUT2D eigenvalue weighted by molar-refractivity contribution is 5.94. The van der Waals surface area contributed by atoms with E-state index in [1.54, 1.807) is 16.8 Å². The van der Waals surface area contributed by atoms with Crippen molar-refractivity contribution in [3.63, 3.8) is 0 Å². The Bertz CT molecular complexity index is 1150. The highest BCUT2D eigenvalue weighted by Gasteiger charge is 2.23. The SMILES string of the molecule is CCCN(CC(=O)Nc1cc(C(C)(C)C)nn1-c1ccccc1C)C(=O)Cc1ccc(F)cc1. The molecule has 180 valence electrons. The molecule has 0 unspecified atom stereocenters. The third kappa shape index (κ3) is 6.31. The molecule has 0 spiro atoms. The zero-order valence-corrected chi connectivity index (χ0v) is 20.6. The van der Waals surface area contributed by atoms with Crippen LogP contribution < -0.4 is 5.32 Å². The van der Waals surface area contributed by atoms with Gasteiger partial charge in [0.25, 0.3) is 0 Å². The smallest absolute Gasteiger partial charge is 0.245 e. The van der Waals surface area contributed by atoms with Crippen LogP contribution in [0.4, 0.5) is 10.2 Å². The molecular formula is C27H33FN4O2. The van der Waals surface area contributed by atoms with Crippen molar-refractivity contribution in [1.29, 1.82) is 0 Å². The lowest BCUT2D eigenvalue weighted by atomic mass is 9.92. The molecule has 3 aromatic rings. The minimum absolute atomic E-state index is 0.0718. The van der Waals surface area contributed by atoms with E-state index in [-0.39, 0.29) is 36.0 Å². The largest absolute Gasteiger partial charge is 0.333 e. The number of hydrogen-bond donors (Lipinski definition) is 1. The van der Waals surface area contributed by atoms with Crippen molar-refractivity contribution in [2.75, 3.05) is 18.4 Å². The summed E-state index contributed by atoms with van der Waals surface area (Å²) < 4.78 is 14.9. The van der Waals surface area contributed by atoms with Crippen molar-refractivity contribution in [1.82, 2.24) is 14.7 Å². The summed E-state index contributed by atoms with van der Waals surface area (Å²) >= 11 is 0. The number of para-hydroxylation sites is 1. The molecule has 2 amide bonds. The number of nitrogens with zero attached hydrogens (tertiary/aromatic N) is 3. The van der Waals surface area contributed by atoms with Crippen LogP contribution >= 0.6 is 0 Å². The quantitative estimate of drug-likeness (QED) is 0.508. The maximum absolute atomic E-state index is 13.2. The van der Waals surface area contributed by atoms with Gasteiger partial charge in [-0.2, -0.15) is 5.10 Å². The van der Waals surface area contributed by atoms with Gasteiger partial charge in [0.15, 0.2) is 0 Å². The van der Waals surface area contributed by atoms with E-state index in [1.807, 2.05) is 44.2 Å². The van der Waals surface area contributed by atoms with Crippen molar-refractivity contribution in [2.45, 2.75) is 52.9 Å². The minimum Gasteiger partial charge on any atom is -0.333 e. The fourth-order valence-electron chi connectivity index (χ4n) is 3.63. The highest BCUT2D eigenvalue weighted by atomic mass is 19.1. The van der Waals surface area contributed by atoms with E-state index in [0.29, 0.717) is 17.9 Å². The topological polar surface area (TPSA) is 67.2 Å². The molecule has 7 heteroatoms. The van der Waals surface area contributed by atoms with Crippen LogP contribution in [0.5, 0.6) is 0 Å². The second-order valence-corrected chi connectivity index (χ2v) is 9.53. The predicted octanol–water partition coefficient (Wildman–Crippen LogP) is 5.04. The lowest BCUT2D eigenvalue weighted by Gasteiger charge is -2.22. The predicted molar refractivity (Wildman–Crippen MR) is 133 cm³/mol. The summed E-state index contributed by atoms with van der Waals surface area (Å²) in [6.07, 6.45) is 0.834. The van der Waals surface area contributed by atoms with Crippen molar-refractivity contribution in [2.24, 2.45) is 0 Å². The number of benzene rings is 2. The Balaban J connectivity index is 1.80. The van der Waals surface area contributed by atoms with Crippen LogP contribution in [0.3, 0.4) is 0 Å². The molecule has 2 aromatic carbocycles. The summed E-state index contributed by atoms with van der Waals surface area (Å²) in [4.78, 5) is 27.4. The Morgan fingerprint density at radius 3 is 2.38 bits per heavy atom. The first kappa shape index (κ1) is 25.1. The number of amides is 2. The molecule has 0 saturated carbocycles. The molecular weight excluding hydrogens is 431 g/mol. The Morgan fingerprint density at radius 1 is 1.09 bits per heavy atom. The van der Waals surface area contributed by atoms with Gasteiger partial charge in [-0.05, 0) is 42.7 Å². The molecule has 3 rings (SSSR count). The number of hydrogen-bond acceptors (Lipinski definition) is 3. The molecule has 1 heterocycles. The van der Waals surface area contributed by atoms with Gasteiger partial charge in [0.2, 0.25) is 11.8 Å². The summed E-state index contributed by atoms with van der Waals surface area (Å²) in [5.74, 6) is -0.255. The fraction of sp³-hybridized carbons (Fsp3) is 0.370. The molecule has 0 fully saturated rings. The molecule has 0 saturated heterocycles. The summed E-state index contributed by atoms with van der Waals surface area (Å²) in [6.45, 7) is 10.5. The van der Waals surface area contributed by atoms with Crippen LogP contribution in [0, 0.1) is 12.7 Å². The van der Waals surface area contributed by atoms with Gasteiger partial charge in [-0.3, -0.25) is 9.59 Å². The van der Waals surface area contributed by atoms with Crippen LogP contribution in [0.2, 0.25) is 0 Å². The molecule has 0 aliphatic heterocycles. The first-order valence-corrected chi connectivity index (χ1v) is 11.6. The van der Waals surface area contributed by atoms with Crippen molar-refractivity contribution >= 4 is 17.6 Å². The second-order valence-electron chi connectivity index (χ2n) is 9.53. The third-order valence-corrected chi connectivity index (χ3v) is 5.54. The van der Waals surface area contributed by atoms with Gasteiger partial charge in [0, 0.05) is 18.0 Å². The average molecular weight is 465 g/mol. The summed E-state index contributed by atoms with van der Waals surface area (Å²) in [7, 11) is 0. The first-order valence-electron chi connectivity index (χ1n) is 11.6. The van der Waals surface area contributed by atoms with E-state index in [2.05, 4.69) is 26.1 Å². The van der Waals surface area contributed by atoms with Crippen molar-refractivity contribution in [3.05, 3.63) is 77.2 Å². The number of carbonyl (C=O) groups is 2. The number of carbonyl (C=O) groups excluding carboxylic acids is 2. The van der Waals surface area contributed by atoms with Gasteiger partial charge in [0.05, 0.1) is 24.3 Å². The van der Waals surface area contributed by atoms with Crippen LogP contribution in [-0.2, 0) is 21.4 Å². The molecule has 1 N–H and O–H groups in total. The molecule has 0 aliphatic rings. The summed E-state index contributed by atoms with van der Waals surface area (Å²) in [5.41, 5.74) is 3.27. The van der Waals surface area contributed by atoms with Gasteiger partial charge >= 0.3 is 0 Å². The zero-order valence-electron chi connectivity index (χ0n) is 20.6. The van der Waals surface area contributed by atoms with Crippen LogP contribution in [0.25, 0.3) is 5.69 Å². The average Bonchev–Trinajstić information content (AvgIpc) is 3.19. The molecule has 34 heavy (non-hydrogen) atoms. The Hall–Kier alpha value is -3.48. The van der Waals surface area contributed by atoms with Crippen molar-refractivity contribution < 1.29 is 14.0 Å². The standard InChI is InChI=1S/C27H33FN4O2/c1-6-15-31(26(34)16-20-11-13-21(28)14-12-20)18-25(33)29-24-17-23(27(3,4)5)30-32(24)22-10-8-7-9-19(22)2/h7-14,17H,6,15-16,18H2,1-5H3,(H,29,33). The van der Waals surface area contributed by atoms with Gasteiger partial charge in [-0.1, -0.05) is 58.0 Å². The molecule has 0 bridgehead atoms. The third-order valence-electron chi connectivity index (χ3n) is 5.54. The number of halogens is 1. The number of anilines is 1. The van der Waals surface area contributed by atoms with Gasteiger partial charge in [-0.25, -0.2) is 9.07 Å². The highest BCUT2D eigenvalue weighted by Crippen LogP contribution is 2.27. The van der Waals surface area contributed by atoms with Crippen LogP contribution in [0.15, 0.2) is 54.6 Å². The lowest BCUT2D eigenvalue weighted by molar-refractivity contribution is -0.134. The fourth-order valence-corrected chi connectivity index (χ4v) is 3.63. The number of rotatable bonds is 8. The molecule has 6 nitrogen and oxygen atoms in total. The Morgan fingerprint density at radius 2 is 1.76 bits per heavy atom. The van der Waals surface area contributed by atoms with Crippen molar-refractivity contribution in [3.8, 4) is 5.69 Å². The van der Waals surface area contributed by atoms with E-state index in [4.69, 9.17) is 5.10 Å². The number of aryl methyl sites for hydroxylation is 1. The normalized spacial score (nSPS) is 11.4. The van der Waals surface area contributed by atoms with Crippen LogP contribution in [-0.4, -0.2) is 39.6 Å². The molecule has 0 atom stereocenters. The Labute approximate surface area is 200 Å². The number of aromatic nitrogens is 2. The monoisotopic (exact) mass is 464 g/mol. The van der Waals surface area contributed by atoms with Gasteiger partial charge < -0.3 is 10.2 Å². The van der Waals surface area contributed by atoms with Gasteiger partial charge in [0.1, 0.15) is 11.6 Å². The zero-order chi connectivity index (χ0) is 24.9. The van der Waals surface area contributed by atoms with E-state index < -0.39 is 0 Å².